The number of carbonyl (C=O) groups is 1. The molecule has 148 valence electrons. The largest absolute Gasteiger partial charge is 0.458 e. The molecule has 2 heterocycles. The summed E-state index contributed by atoms with van der Waals surface area (Å²) in [6, 6.07) is 0. The molecule has 1 N–H and O–H groups in total. The molecule has 3 aliphatic carbocycles. The van der Waals surface area contributed by atoms with Crippen LogP contribution in [0.25, 0.3) is 0 Å². The predicted octanol–water partition coefficient (Wildman–Crippen LogP) is 2.75. The van der Waals surface area contributed by atoms with Gasteiger partial charge >= 0.3 is 5.97 Å². The lowest BCUT2D eigenvalue weighted by Gasteiger charge is -2.55. The number of ether oxygens (including phenoxy) is 3. The lowest BCUT2D eigenvalue weighted by molar-refractivity contribution is -0.149. The minimum Gasteiger partial charge on any atom is -0.458 e. The molecule has 0 unspecified atom stereocenters. The maximum Gasteiger partial charge on any atom is 0.334 e. The second-order valence-electron chi connectivity index (χ2n) is 9.33. The van der Waals surface area contributed by atoms with Gasteiger partial charge in [-0.1, -0.05) is 26.8 Å². The predicted molar refractivity (Wildman–Crippen MR) is 99.3 cm³/mol. The van der Waals surface area contributed by atoms with E-state index in [-0.39, 0.29) is 29.3 Å². The van der Waals surface area contributed by atoms with E-state index in [1.165, 1.54) is 0 Å². The standard InChI is InChI=1S/C21H27ClO5/c1-10(2)20(24)15(22)8-14-19(3)6-5-11-12(9-26-17(11)23)13(19)7-16-21(14,27-16)18(20)25-4/h8,10,13,15-16,18,24H,5-7,9H2,1-4H3/t13-,15+,16-,18+,19-,20-,21+/m0/s1. The SMILES string of the molecule is CO[C@H]1[C@]23O[C@H]2C[C@H]2C4=C(CC[C@]2(C)C3=C[C@@H](Cl)[C@@]1(O)C(C)C)C(=O)OC4. The first-order valence-electron chi connectivity index (χ1n) is 9.90. The summed E-state index contributed by atoms with van der Waals surface area (Å²) >= 11 is 6.77. The van der Waals surface area contributed by atoms with E-state index in [4.69, 9.17) is 25.8 Å². The smallest absolute Gasteiger partial charge is 0.334 e. The highest BCUT2D eigenvalue weighted by molar-refractivity contribution is 6.23. The Hall–Kier alpha value is -0.880. The van der Waals surface area contributed by atoms with E-state index >= 15 is 0 Å². The van der Waals surface area contributed by atoms with Crippen LogP contribution in [0.15, 0.2) is 22.8 Å². The molecule has 5 rings (SSSR count). The van der Waals surface area contributed by atoms with Crippen LogP contribution in [0.2, 0.25) is 0 Å². The Labute approximate surface area is 164 Å². The van der Waals surface area contributed by atoms with Gasteiger partial charge in [-0.3, -0.25) is 0 Å². The monoisotopic (exact) mass is 394 g/mol. The van der Waals surface area contributed by atoms with Crippen molar-refractivity contribution in [2.24, 2.45) is 17.3 Å². The van der Waals surface area contributed by atoms with E-state index in [1.54, 1.807) is 7.11 Å². The molecule has 1 saturated heterocycles. The van der Waals surface area contributed by atoms with Crippen molar-refractivity contribution in [1.29, 1.82) is 0 Å². The molecule has 6 heteroatoms. The van der Waals surface area contributed by atoms with Gasteiger partial charge in [-0.2, -0.15) is 0 Å². The van der Waals surface area contributed by atoms with E-state index < -0.39 is 22.7 Å². The van der Waals surface area contributed by atoms with Gasteiger partial charge in [-0.25, -0.2) is 4.79 Å². The van der Waals surface area contributed by atoms with Gasteiger partial charge in [0, 0.05) is 12.7 Å². The molecule has 7 atom stereocenters. The highest BCUT2D eigenvalue weighted by Crippen LogP contribution is 2.70. The molecule has 0 aromatic rings. The second-order valence-corrected chi connectivity index (χ2v) is 9.80. The van der Waals surface area contributed by atoms with E-state index in [1.807, 2.05) is 19.9 Å². The molecular weight excluding hydrogens is 368 g/mol. The first kappa shape index (κ1) is 18.2. The van der Waals surface area contributed by atoms with Crippen LogP contribution in [0.3, 0.4) is 0 Å². The van der Waals surface area contributed by atoms with E-state index in [0.29, 0.717) is 6.61 Å². The van der Waals surface area contributed by atoms with Crippen LogP contribution in [-0.4, -0.2) is 53.6 Å². The lowest BCUT2D eigenvalue weighted by atomic mass is 9.50. The quantitative estimate of drug-likeness (QED) is 0.337. The van der Waals surface area contributed by atoms with Gasteiger partial charge in [0.15, 0.2) is 0 Å². The van der Waals surface area contributed by atoms with Crippen LogP contribution in [-0.2, 0) is 19.0 Å². The summed E-state index contributed by atoms with van der Waals surface area (Å²) in [5.41, 5.74) is 1.20. The third-order valence-electron chi connectivity index (χ3n) is 8.05. The first-order chi connectivity index (χ1) is 12.7. The molecule has 0 bridgehead atoms. The average Bonchev–Trinajstić information content (AvgIpc) is 3.20. The Bertz CT molecular complexity index is 787. The molecule has 5 aliphatic rings. The van der Waals surface area contributed by atoms with E-state index in [0.717, 1.165) is 36.0 Å². The van der Waals surface area contributed by atoms with Crippen molar-refractivity contribution in [3.63, 3.8) is 0 Å². The van der Waals surface area contributed by atoms with Gasteiger partial charge in [0.2, 0.25) is 0 Å². The number of esters is 1. The van der Waals surface area contributed by atoms with Gasteiger partial charge in [0.05, 0.1) is 11.5 Å². The lowest BCUT2D eigenvalue weighted by Crippen LogP contribution is -2.66. The number of carbonyl (C=O) groups excluding carboxylic acids is 1. The van der Waals surface area contributed by atoms with Crippen molar-refractivity contribution in [1.82, 2.24) is 0 Å². The topological polar surface area (TPSA) is 68.3 Å². The van der Waals surface area contributed by atoms with Gasteiger partial charge in [0.1, 0.15) is 23.9 Å². The van der Waals surface area contributed by atoms with Crippen molar-refractivity contribution < 1.29 is 24.1 Å². The van der Waals surface area contributed by atoms with Crippen LogP contribution in [0.1, 0.15) is 40.0 Å². The molecule has 1 spiro atoms. The van der Waals surface area contributed by atoms with Gasteiger partial charge < -0.3 is 19.3 Å². The van der Waals surface area contributed by atoms with Crippen LogP contribution in [0.4, 0.5) is 0 Å². The highest BCUT2D eigenvalue weighted by Gasteiger charge is 2.78. The number of methoxy groups -OCH3 is 1. The van der Waals surface area contributed by atoms with Crippen molar-refractivity contribution in [3.8, 4) is 0 Å². The van der Waals surface area contributed by atoms with Crippen LogP contribution in [0, 0.1) is 17.3 Å². The Kier molecular flexibility index (Phi) is 3.62. The zero-order chi connectivity index (χ0) is 19.4. The summed E-state index contributed by atoms with van der Waals surface area (Å²) in [5, 5.41) is 11.0. The number of rotatable bonds is 2. The molecule has 27 heavy (non-hydrogen) atoms. The third-order valence-corrected chi connectivity index (χ3v) is 8.52. The summed E-state index contributed by atoms with van der Waals surface area (Å²) < 4.78 is 17.6. The van der Waals surface area contributed by atoms with Crippen LogP contribution >= 0.6 is 11.6 Å². The molecule has 1 saturated carbocycles. The Balaban J connectivity index is 1.65. The summed E-state index contributed by atoms with van der Waals surface area (Å²) in [6.07, 6.45) is 3.90. The summed E-state index contributed by atoms with van der Waals surface area (Å²) in [4.78, 5) is 12.1. The third kappa shape index (κ3) is 1.94. The number of hydrogen-bond donors (Lipinski definition) is 1. The number of aliphatic hydroxyl groups is 1. The molecule has 2 aliphatic heterocycles. The maximum atomic E-state index is 12.1. The normalized spacial score (nSPS) is 50.5. The number of hydrogen-bond acceptors (Lipinski definition) is 5. The number of epoxide rings is 1. The Morgan fingerprint density at radius 2 is 2.15 bits per heavy atom. The molecule has 2 fully saturated rings. The van der Waals surface area contributed by atoms with Crippen LogP contribution in [0.5, 0.6) is 0 Å². The van der Waals surface area contributed by atoms with Crippen molar-refractivity contribution in [3.05, 3.63) is 22.8 Å². The second kappa shape index (κ2) is 5.38. The number of cyclic esters (lactones) is 1. The molecule has 0 aromatic heterocycles. The minimum atomic E-state index is -1.19. The van der Waals surface area contributed by atoms with Crippen LogP contribution < -0.4 is 0 Å². The fourth-order valence-electron chi connectivity index (χ4n) is 6.46. The molecule has 5 nitrogen and oxygen atoms in total. The fraction of sp³-hybridized carbons (Fsp3) is 0.762. The van der Waals surface area contributed by atoms with E-state index in [9.17, 15) is 9.90 Å². The van der Waals surface area contributed by atoms with Crippen molar-refractivity contribution in [2.45, 2.75) is 68.8 Å². The Morgan fingerprint density at radius 1 is 1.41 bits per heavy atom. The number of halogens is 1. The zero-order valence-electron chi connectivity index (χ0n) is 16.3. The summed E-state index contributed by atoms with van der Waals surface area (Å²) in [6.45, 7) is 6.60. The number of alkyl halides is 1. The fourth-order valence-corrected chi connectivity index (χ4v) is 6.95. The van der Waals surface area contributed by atoms with Gasteiger partial charge in [-0.15, -0.1) is 11.6 Å². The molecular formula is C21H27ClO5. The zero-order valence-corrected chi connectivity index (χ0v) is 17.0. The van der Waals surface area contributed by atoms with Crippen molar-refractivity contribution in [2.75, 3.05) is 13.7 Å². The minimum absolute atomic E-state index is 0.0243. The maximum absolute atomic E-state index is 12.1. The van der Waals surface area contributed by atoms with Gasteiger partial charge in [-0.05, 0) is 47.7 Å². The number of fused-ring (bicyclic) bond motifs is 3. The first-order valence-corrected chi connectivity index (χ1v) is 10.3. The average molecular weight is 395 g/mol. The van der Waals surface area contributed by atoms with Gasteiger partial charge in [0.25, 0.3) is 0 Å². The summed E-state index contributed by atoms with van der Waals surface area (Å²) in [7, 11) is 1.64. The van der Waals surface area contributed by atoms with Crippen molar-refractivity contribution >= 4 is 17.6 Å². The summed E-state index contributed by atoms with van der Waals surface area (Å²) in [5.74, 6) is -0.0161. The molecule has 0 radical (unpaired) electrons. The van der Waals surface area contributed by atoms with E-state index in [2.05, 4.69) is 6.92 Å². The highest BCUT2D eigenvalue weighted by atomic mass is 35.5. The molecule has 0 amide bonds. The molecule has 0 aromatic carbocycles. The Morgan fingerprint density at radius 3 is 2.81 bits per heavy atom.